The standard InChI is InChI=1S/C21H20N4O3/c1-12-19(15(4)26)14(3)23-20(12)21(27)28-11-18-17(10-22)13(2)24-25(18)16-8-6-5-7-9-16/h5-9,23H,11H2,1-4H3. The molecule has 3 rings (SSSR count). The second-order valence-electron chi connectivity index (χ2n) is 6.52. The highest BCUT2D eigenvalue weighted by Crippen LogP contribution is 2.22. The molecule has 0 saturated heterocycles. The number of Topliss-reactive ketones (excluding diaryl/α,β-unsaturated/α-hetero) is 1. The number of hydrogen-bond acceptors (Lipinski definition) is 5. The summed E-state index contributed by atoms with van der Waals surface area (Å²) in [6, 6.07) is 11.5. The highest BCUT2D eigenvalue weighted by atomic mass is 16.5. The van der Waals surface area contributed by atoms with E-state index in [1.165, 1.54) is 6.92 Å². The van der Waals surface area contributed by atoms with Crippen molar-refractivity contribution in [3.63, 3.8) is 0 Å². The Balaban J connectivity index is 1.92. The van der Waals surface area contributed by atoms with Crippen LogP contribution >= 0.6 is 0 Å². The molecule has 0 aliphatic rings. The van der Waals surface area contributed by atoms with E-state index >= 15 is 0 Å². The number of rotatable bonds is 5. The zero-order chi connectivity index (χ0) is 20.4. The molecule has 0 aliphatic heterocycles. The van der Waals surface area contributed by atoms with E-state index in [0.717, 1.165) is 5.69 Å². The molecule has 0 spiro atoms. The number of ether oxygens (including phenoxy) is 1. The van der Waals surface area contributed by atoms with Gasteiger partial charge in [0.1, 0.15) is 23.9 Å². The SMILES string of the molecule is CC(=O)c1c(C)[nH]c(C(=O)OCc2c(C#N)c(C)nn2-c2ccccc2)c1C. The predicted molar refractivity (Wildman–Crippen MR) is 102 cm³/mol. The van der Waals surface area contributed by atoms with Crippen LogP contribution < -0.4 is 0 Å². The lowest BCUT2D eigenvalue weighted by atomic mass is 10.1. The number of nitriles is 1. The summed E-state index contributed by atoms with van der Waals surface area (Å²) in [6.07, 6.45) is 0. The highest BCUT2D eigenvalue weighted by molar-refractivity contribution is 6.01. The van der Waals surface area contributed by atoms with Crippen LogP contribution in [0.2, 0.25) is 0 Å². The lowest BCUT2D eigenvalue weighted by Gasteiger charge is -2.09. The van der Waals surface area contributed by atoms with Crippen LogP contribution in [0.4, 0.5) is 0 Å². The Morgan fingerprint density at radius 1 is 1.21 bits per heavy atom. The first-order valence-electron chi connectivity index (χ1n) is 8.76. The quantitative estimate of drug-likeness (QED) is 0.542. The third kappa shape index (κ3) is 3.32. The minimum Gasteiger partial charge on any atom is -0.454 e. The second-order valence-corrected chi connectivity index (χ2v) is 6.52. The fraction of sp³-hybridized carbons (Fsp3) is 0.238. The molecule has 1 N–H and O–H groups in total. The van der Waals surface area contributed by atoms with E-state index in [0.29, 0.717) is 33.8 Å². The van der Waals surface area contributed by atoms with Crippen molar-refractivity contribution in [2.75, 3.05) is 0 Å². The number of aromatic amines is 1. The molecule has 142 valence electrons. The fourth-order valence-corrected chi connectivity index (χ4v) is 3.32. The van der Waals surface area contributed by atoms with Crippen molar-refractivity contribution < 1.29 is 14.3 Å². The van der Waals surface area contributed by atoms with Gasteiger partial charge in [0.15, 0.2) is 5.78 Å². The smallest absolute Gasteiger partial charge is 0.355 e. The van der Waals surface area contributed by atoms with E-state index in [9.17, 15) is 14.9 Å². The fourth-order valence-electron chi connectivity index (χ4n) is 3.32. The number of hydrogen-bond donors (Lipinski definition) is 1. The molecule has 2 aromatic heterocycles. The maximum absolute atomic E-state index is 12.6. The minimum atomic E-state index is -0.588. The topological polar surface area (TPSA) is 101 Å². The van der Waals surface area contributed by atoms with Gasteiger partial charge in [0.25, 0.3) is 0 Å². The van der Waals surface area contributed by atoms with Crippen LogP contribution in [-0.2, 0) is 11.3 Å². The molecule has 28 heavy (non-hydrogen) atoms. The number of ketones is 1. The van der Waals surface area contributed by atoms with Gasteiger partial charge in [-0.3, -0.25) is 4.79 Å². The van der Waals surface area contributed by atoms with E-state index < -0.39 is 5.97 Å². The molecule has 7 heteroatoms. The van der Waals surface area contributed by atoms with Gasteiger partial charge in [0.2, 0.25) is 0 Å². The van der Waals surface area contributed by atoms with E-state index in [2.05, 4.69) is 16.2 Å². The first kappa shape index (κ1) is 19.1. The molecule has 0 radical (unpaired) electrons. The van der Waals surface area contributed by atoms with Crippen LogP contribution in [0, 0.1) is 32.1 Å². The number of aromatic nitrogens is 3. The average Bonchev–Trinajstić information content (AvgIpc) is 3.15. The van der Waals surface area contributed by atoms with Gasteiger partial charge in [-0.15, -0.1) is 0 Å². The molecule has 3 aromatic rings. The Morgan fingerprint density at radius 2 is 1.89 bits per heavy atom. The molecule has 7 nitrogen and oxygen atoms in total. The van der Waals surface area contributed by atoms with Crippen molar-refractivity contribution in [3.05, 3.63) is 69.8 Å². The number of aryl methyl sites for hydroxylation is 2. The lowest BCUT2D eigenvalue weighted by Crippen LogP contribution is -2.11. The predicted octanol–water partition coefficient (Wildman–Crippen LogP) is 3.56. The number of benzene rings is 1. The highest BCUT2D eigenvalue weighted by Gasteiger charge is 2.23. The first-order valence-corrected chi connectivity index (χ1v) is 8.76. The molecular weight excluding hydrogens is 356 g/mol. The summed E-state index contributed by atoms with van der Waals surface area (Å²) in [7, 11) is 0. The molecule has 0 saturated carbocycles. The molecule has 0 amide bonds. The lowest BCUT2D eigenvalue weighted by molar-refractivity contribution is 0.0457. The Labute approximate surface area is 162 Å². The maximum atomic E-state index is 12.6. The van der Waals surface area contributed by atoms with Gasteiger partial charge in [-0.25, -0.2) is 9.48 Å². The molecule has 0 atom stereocenters. The van der Waals surface area contributed by atoms with Crippen LogP contribution in [-0.4, -0.2) is 26.5 Å². The Bertz CT molecular complexity index is 1100. The van der Waals surface area contributed by atoms with Crippen LogP contribution in [0.25, 0.3) is 5.69 Å². The van der Waals surface area contributed by atoms with E-state index in [1.807, 2.05) is 30.3 Å². The third-order valence-corrected chi connectivity index (χ3v) is 4.60. The summed E-state index contributed by atoms with van der Waals surface area (Å²) in [4.78, 5) is 27.3. The largest absolute Gasteiger partial charge is 0.454 e. The summed E-state index contributed by atoms with van der Waals surface area (Å²) in [5, 5.41) is 13.9. The Hall–Kier alpha value is -3.66. The zero-order valence-electron chi connectivity index (χ0n) is 16.2. The summed E-state index contributed by atoms with van der Waals surface area (Å²) in [6.45, 7) is 6.52. The van der Waals surface area contributed by atoms with E-state index in [-0.39, 0.29) is 18.1 Å². The number of H-pyrrole nitrogens is 1. The normalized spacial score (nSPS) is 10.5. The molecule has 0 aliphatic carbocycles. The van der Waals surface area contributed by atoms with E-state index in [1.54, 1.807) is 25.5 Å². The van der Waals surface area contributed by atoms with Crippen molar-refractivity contribution in [3.8, 4) is 11.8 Å². The van der Waals surface area contributed by atoms with Gasteiger partial charge in [0, 0.05) is 11.3 Å². The number of carbonyl (C=O) groups excluding carboxylic acids is 2. The van der Waals surface area contributed by atoms with Crippen LogP contribution in [0.1, 0.15) is 56.0 Å². The van der Waals surface area contributed by atoms with Crippen molar-refractivity contribution in [2.24, 2.45) is 0 Å². The molecule has 1 aromatic carbocycles. The first-order chi connectivity index (χ1) is 13.3. The third-order valence-electron chi connectivity index (χ3n) is 4.60. The van der Waals surface area contributed by atoms with Crippen molar-refractivity contribution in [1.82, 2.24) is 14.8 Å². The number of esters is 1. The molecular formula is C21H20N4O3. The van der Waals surface area contributed by atoms with Gasteiger partial charge >= 0.3 is 5.97 Å². The average molecular weight is 376 g/mol. The summed E-state index contributed by atoms with van der Waals surface area (Å²) >= 11 is 0. The Kier molecular flexibility index (Phi) is 5.14. The van der Waals surface area contributed by atoms with Crippen LogP contribution in [0.15, 0.2) is 30.3 Å². The van der Waals surface area contributed by atoms with Crippen LogP contribution in [0.3, 0.4) is 0 Å². The van der Waals surface area contributed by atoms with Gasteiger partial charge in [-0.1, -0.05) is 18.2 Å². The molecule has 0 unspecified atom stereocenters. The van der Waals surface area contributed by atoms with Gasteiger partial charge in [-0.05, 0) is 45.4 Å². The molecule has 2 heterocycles. The van der Waals surface area contributed by atoms with Crippen molar-refractivity contribution in [1.29, 1.82) is 5.26 Å². The van der Waals surface area contributed by atoms with E-state index in [4.69, 9.17) is 4.74 Å². The number of para-hydroxylation sites is 1. The second kappa shape index (κ2) is 7.53. The van der Waals surface area contributed by atoms with Crippen molar-refractivity contribution in [2.45, 2.75) is 34.3 Å². The zero-order valence-corrected chi connectivity index (χ0v) is 16.2. The maximum Gasteiger partial charge on any atom is 0.355 e. The molecule has 0 bridgehead atoms. The number of carbonyl (C=O) groups is 2. The van der Waals surface area contributed by atoms with Gasteiger partial charge in [0.05, 0.1) is 17.1 Å². The minimum absolute atomic E-state index is 0.116. The number of nitrogens with one attached hydrogen (secondary N) is 1. The Morgan fingerprint density at radius 3 is 2.46 bits per heavy atom. The van der Waals surface area contributed by atoms with Gasteiger partial charge < -0.3 is 9.72 Å². The number of nitrogens with zero attached hydrogens (tertiary/aromatic N) is 3. The van der Waals surface area contributed by atoms with Crippen LogP contribution in [0.5, 0.6) is 0 Å². The molecule has 0 fully saturated rings. The summed E-state index contributed by atoms with van der Waals surface area (Å²) in [5.41, 5.74) is 4.11. The van der Waals surface area contributed by atoms with Crippen molar-refractivity contribution >= 4 is 11.8 Å². The van der Waals surface area contributed by atoms with Gasteiger partial charge in [-0.2, -0.15) is 10.4 Å². The summed E-state index contributed by atoms with van der Waals surface area (Å²) in [5.74, 6) is -0.703. The summed E-state index contributed by atoms with van der Waals surface area (Å²) < 4.78 is 7.07. The monoisotopic (exact) mass is 376 g/mol.